The van der Waals surface area contributed by atoms with Gasteiger partial charge in [-0.3, -0.25) is 0 Å². The molecule has 0 aliphatic carbocycles. The Morgan fingerprint density at radius 1 is 0.931 bits per heavy atom. The minimum atomic E-state index is 0.417. The lowest BCUT2D eigenvalue weighted by Crippen LogP contribution is -2.05. The number of halogens is 2. The first-order chi connectivity index (χ1) is 14.1. The first-order valence-corrected chi connectivity index (χ1v) is 10.9. The Kier molecular flexibility index (Phi) is 7.84. The highest BCUT2D eigenvalue weighted by Crippen LogP contribution is 2.38. The van der Waals surface area contributed by atoms with Crippen molar-refractivity contribution in [1.29, 1.82) is 0 Å². The van der Waals surface area contributed by atoms with E-state index in [-0.39, 0.29) is 0 Å². The maximum atomic E-state index is 6.07. The highest BCUT2D eigenvalue weighted by atomic mass is 79.9. The predicted octanol–water partition coefficient (Wildman–Crippen LogP) is 7.25. The molecule has 0 aliphatic rings. The number of para-hydroxylation sites is 1. The van der Waals surface area contributed by atoms with Gasteiger partial charge in [0.15, 0.2) is 11.5 Å². The summed E-state index contributed by atoms with van der Waals surface area (Å²) in [5.74, 6) is 1.43. The third-order valence-electron chi connectivity index (χ3n) is 4.52. The fourth-order valence-electron chi connectivity index (χ4n) is 3.11. The smallest absolute Gasteiger partial charge is 0.175 e. The van der Waals surface area contributed by atoms with Gasteiger partial charge in [0.1, 0.15) is 6.61 Å². The largest absolute Gasteiger partial charge is 0.490 e. The molecule has 0 fully saturated rings. The highest BCUT2D eigenvalue weighted by molar-refractivity contribution is 9.10. The van der Waals surface area contributed by atoms with E-state index in [0.29, 0.717) is 30.5 Å². The summed E-state index contributed by atoms with van der Waals surface area (Å²) in [6, 6.07) is 20.1. The molecule has 0 heterocycles. The molecule has 0 aromatic heterocycles. The minimum Gasteiger partial charge on any atom is -0.490 e. The molecule has 0 bridgehead atoms. The number of nitrogens with one attached hydrogen (secondary N) is 1. The van der Waals surface area contributed by atoms with E-state index < -0.39 is 0 Å². The molecular formula is C24H25BrClNO2. The van der Waals surface area contributed by atoms with E-state index in [9.17, 15) is 0 Å². The van der Waals surface area contributed by atoms with Crippen LogP contribution in [-0.4, -0.2) is 6.61 Å². The summed E-state index contributed by atoms with van der Waals surface area (Å²) in [7, 11) is 0. The van der Waals surface area contributed by atoms with Crippen LogP contribution in [0.25, 0.3) is 0 Å². The molecular weight excluding hydrogens is 450 g/mol. The Hall–Kier alpha value is -2.17. The second kappa shape index (κ2) is 10.6. The van der Waals surface area contributed by atoms with Gasteiger partial charge in [0.2, 0.25) is 0 Å². The van der Waals surface area contributed by atoms with Gasteiger partial charge in [0, 0.05) is 17.3 Å². The number of hydrogen-bond acceptors (Lipinski definition) is 3. The third kappa shape index (κ3) is 5.91. The predicted molar refractivity (Wildman–Crippen MR) is 124 cm³/mol. The van der Waals surface area contributed by atoms with Crippen LogP contribution < -0.4 is 14.8 Å². The molecule has 0 amide bonds. The summed E-state index contributed by atoms with van der Waals surface area (Å²) in [6.07, 6.45) is 0.993. The van der Waals surface area contributed by atoms with Crippen molar-refractivity contribution in [3.05, 3.63) is 86.8 Å². The van der Waals surface area contributed by atoms with Crippen molar-refractivity contribution in [3.8, 4) is 11.5 Å². The lowest BCUT2D eigenvalue weighted by atomic mass is 10.1. The number of aryl methyl sites for hydroxylation is 1. The standard InChI is InChI=1S/C24H25BrClNO2/c1-3-19-9-5-6-11-22(19)27-15-18-13-21(25)24(23(14-18)28-4-2)29-16-17-8-7-10-20(26)12-17/h5-14,27H,3-4,15-16H2,1-2H3. The number of anilines is 1. The number of rotatable bonds is 9. The maximum Gasteiger partial charge on any atom is 0.175 e. The molecule has 1 N–H and O–H groups in total. The first kappa shape index (κ1) is 21.5. The topological polar surface area (TPSA) is 30.5 Å². The Balaban J connectivity index is 1.76. The van der Waals surface area contributed by atoms with Gasteiger partial charge in [-0.15, -0.1) is 0 Å². The van der Waals surface area contributed by atoms with Crippen molar-refractivity contribution in [2.45, 2.75) is 33.4 Å². The summed E-state index contributed by atoms with van der Waals surface area (Å²) in [4.78, 5) is 0. The number of hydrogen-bond donors (Lipinski definition) is 1. The Morgan fingerprint density at radius 2 is 1.76 bits per heavy atom. The fraction of sp³-hybridized carbons (Fsp3) is 0.250. The van der Waals surface area contributed by atoms with Gasteiger partial charge in [0.25, 0.3) is 0 Å². The summed E-state index contributed by atoms with van der Waals surface area (Å²) < 4.78 is 12.8. The van der Waals surface area contributed by atoms with Crippen LogP contribution in [0.3, 0.4) is 0 Å². The lowest BCUT2D eigenvalue weighted by molar-refractivity contribution is 0.267. The quantitative estimate of drug-likeness (QED) is 0.354. The van der Waals surface area contributed by atoms with Gasteiger partial charge in [0.05, 0.1) is 11.1 Å². The van der Waals surface area contributed by atoms with Crippen molar-refractivity contribution in [1.82, 2.24) is 0 Å². The zero-order valence-corrected chi connectivity index (χ0v) is 19.0. The molecule has 0 aliphatic heterocycles. The van der Waals surface area contributed by atoms with E-state index in [1.165, 1.54) is 5.56 Å². The first-order valence-electron chi connectivity index (χ1n) is 9.75. The summed E-state index contributed by atoms with van der Waals surface area (Å²) >= 11 is 9.72. The highest BCUT2D eigenvalue weighted by Gasteiger charge is 2.13. The summed E-state index contributed by atoms with van der Waals surface area (Å²) in [5.41, 5.74) is 4.58. The minimum absolute atomic E-state index is 0.417. The number of benzene rings is 3. The lowest BCUT2D eigenvalue weighted by Gasteiger charge is -2.17. The zero-order chi connectivity index (χ0) is 20.6. The van der Waals surface area contributed by atoms with Gasteiger partial charge in [-0.2, -0.15) is 0 Å². The molecule has 3 aromatic carbocycles. The van der Waals surface area contributed by atoms with Crippen LogP contribution in [0.15, 0.2) is 65.1 Å². The van der Waals surface area contributed by atoms with Gasteiger partial charge < -0.3 is 14.8 Å². The fourth-order valence-corrected chi connectivity index (χ4v) is 3.92. The van der Waals surface area contributed by atoms with Crippen molar-refractivity contribution >= 4 is 33.2 Å². The van der Waals surface area contributed by atoms with Crippen LogP contribution in [0.5, 0.6) is 11.5 Å². The van der Waals surface area contributed by atoms with Crippen LogP contribution in [0, 0.1) is 0 Å². The molecule has 0 spiro atoms. The Bertz CT molecular complexity index is 961. The SMILES string of the molecule is CCOc1cc(CNc2ccccc2CC)cc(Br)c1OCc1cccc(Cl)c1. The third-order valence-corrected chi connectivity index (χ3v) is 5.35. The van der Waals surface area contributed by atoms with E-state index >= 15 is 0 Å². The van der Waals surface area contributed by atoms with E-state index in [4.69, 9.17) is 21.1 Å². The van der Waals surface area contributed by atoms with Gasteiger partial charge in [-0.05, 0) is 76.3 Å². The van der Waals surface area contributed by atoms with Gasteiger partial charge in [-0.25, -0.2) is 0 Å². The molecule has 5 heteroatoms. The van der Waals surface area contributed by atoms with Crippen LogP contribution in [-0.2, 0) is 19.6 Å². The van der Waals surface area contributed by atoms with E-state index in [1.807, 2.05) is 37.3 Å². The average molecular weight is 475 g/mol. The molecule has 0 atom stereocenters. The molecule has 0 unspecified atom stereocenters. The Labute approximate surface area is 186 Å². The second-order valence-electron chi connectivity index (χ2n) is 6.62. The molecule has 3 nitrogen and oxygen atoms in total. The molecule has 3 rings (SSSR count). The molecule has 152 valence electrons. The van der Waals surface area contributed by atoms with Crippen molar-refractivity contribution < 1.29 is 9.47 Å². The van der Waals surface area contributed by atoms with Crippen molar-refractivity contribution in [2.75, 3.05) is 11.9 Å². The molecule has 0 saturated heterocycles. The van der Waals surface area contributed by atoms with Gasteiger partial charge >= 0.3 is 0 Å². The number of ether oxygens (including phenoxy) is 2. The molecule has 29 heavy (non-hydrogen) atoms. The van der Waals surface area contributed by atoms with Crippen molar-refractivity contribution in [3.63, 3.8) is 0 Å². The van der Waals surface area contributed by atoms with Crippen LogP contribution >= 0.6 is 27.5 Å². The zero-order valence-electron chi connectivity index (χ0n) is 16.7. The maximum absolute atomic E-state index is 6.07. The van der Waals surface area contributed by atoms with Crippen LogP contribution in [0.2, 0.25) is 5.02 Å². The van der Waals surface area contributed by atoms with E-state index in [2.05, 4.69) is 58.5 Å². The molecule has 3 aromatic rings. The molecule has 0 saturated carbocycles. The Morgan fingerprint density at radius 3 is 2.52 bits per heavy atom. The van der Waals surface area contributed by atoms with Crippen LogP contribution in [0.1, 0.15) is 30.5 Å². The monoisotopic (exact) mass is 473 g/mol. The van der Waals surface area contributed by atoms with Crippen LogP contribution in [0.4, 0.5) is 5.69 Å². The van der Waals surface area contributed by atoms with Gasteiger partial charge in [-0.1, -0.05) is 48.9 Å². The summed E-state index contributed by atoms with van der Waals surface area (Å²) in [6.45, 7) is 5.81. The molecule has 0 radical (unpaired) electrons. The van der Waals surface area contributed by atoms with E-state index in [0.717, 1.165) is 33.5 Å². The van der Waals surface area contributed by atoms with E-state index in [1.54, 1.807) is 0 Å². The second-order valence-corrected chi connectivity index (χ2v) is 7.91. The summed E-state index contributed by atoms with van der Waals surface area (Å²) in [5, 5.41) is 4.23. The van der Waals surface area contributed by atoms with Crippen molar-refractivity contribution in [2.24, 2.45) is 0 Å². The average Bonchev–Trinajstić information content (AvgIpc) is 2.72. The normalized spacial score (nSPS) is 10.6.